The summed E-state index contributed by atoms with van der Waals surface area (Å²) in [6.45, 7) is 8.06. The molecule has 0 saturated heterocycles. The quantitative estimate of drug-likeness (QED) is 0.139. The molecule has 0 spiro atoms. The van der Waals surface area contributed by atoms with E-state index in [1.54, 1.807) is 13.2 Å². The van der Waals surface area contributed by atoms with Crippen LogP contribution in [0.2, 0.25) is 0 Å². The number of phenols is 1. The molecule has 0 amide bonds. The van der Waals surface area contributed by atoms with Gasteiger partial charge < -0.3 is 19.6 Å². The molecule has 0 radical (unpaired) electrons. The van der Waals surface area contributed by atoms with E-state index in [1.165, 1.54) is 0 Å². The van der Waals surface area contributed by atoms with E-state index in [1.807, 2.05) is 82.3 Å². The van der Waals surface area contributed by atoms with Gasteiger partial charge in [-0.3, -0.25) is 4.79 Å². The fourth-order valence-corrected chi connectivity index (χ4v) is 5.31. The van der Waals surface area contributed by atoms with E-state index in [0.717, 1.165) is 22.3 Å². The molecule has 4 aromatic carbocycles. The molecule has 5 heteroatoms. The number of hydrogen-bond acceptors (Lipinski definition) is 5. The average molecular weight is 560 g/mol. The molecular weight excluding hydrogens is 522 g/mol. The van der Waals surface area contributed by atoms with Gasteiger partial charge in [0.15, 0.2) is 0 Å². The zero-order chi connectivity index (χ0) is 29.8. The highest BCUT2D eigenvalue weighted by atomic mass is 16.5. The lowest BCUT2D eigenvalue weighted by atomic mass is 9.96. The largest absolute Gasteiger partial charge is 0.507 e. The summed E-state index contributed by atoms with van der Waals surface area (Å²) in [5, 5.41) is 15.5. The summed E-state index contributed by atoms with van der Waals surface area (Å²) >= 11 is 0. The fraction of sp³-hybridized carbons (Fsp3) is 0.216. The Bertz CT molecular complexity index is 1800. The SMILES string of the molecule is COc1c(NC(c2ccccc2)c2ccccc2)cc2oc3ccc(CC=C(C)C)c(O)c3c(=O)c2c1CC=C(C)C. The molecule has 0 fully saturated rings. The molecule has 0 aliphatic carbocycles. The molecule has 1 aromatic heterocycles. The Labute approximate surface area is 246 Å². The third-order valence-corrected chi connectivity index (χ3v) is 7.45. The van der Waals surface area contributed by atoms with Gasteiger partial charge in [-0.2, -0.15) is 0 Å². The zero-order valence-electron chi connectivity index (χ0n) is 24.8. The maximum atomic E-state index is 14.2. The lowest BCUT2D eigenvalue weighted by Crippen LogP contribution is -2.15. The van der Waals surface area contributed by atoms with E-state index >= 15 is 0 Å². The van der Waals surface area contributed by atoms with Crippen molar-refractivity contribution in [3.8, 4) is 11.5 Å². The fourth-order valence-electron chi connectivity index (χ4n) is 5.31. The second-order valence-corrected chi connectivity index (χ2v) is 11.1. The first-order chi connectivity index (χ1) is 20.3. The van der Waals surface area contributed by atoms with E-state index in [2.05, 4.69) is 35.7 Å². The Morgan fingerprint density at radius 3 is 2.00 bits per heavy atom. The third kappa shape index (κ3) is 5.82. The highest BCUT2D eigenvalue weighted by Crippen LogP contribution is 2.40. The van der Waals surface area contributed by atoms with Gasteiger partial charge in [-0.15, -0.1) is 0 Å². The van der Waals surface area contributed by atoms with Crippen LogP contribution >= 0.6 is 0 Å². The Kier molecular flexibility index (Phi) is 8.48. The van der Waals surface area contributed by atoms with Crippen LogP contribution in [0.4, 0.5) is 5.69 Å². The van der Waals surface area contributed by atoms with Crippen molar-refractivity contribution in [1.82, 2.24) is 0 Å². The van der Waals surface area contributed by atoms with Crippen LogP contribution in [0.3, 0.4) is 0 Å². The zero-order valence-corrected chi connectivity index (χ0v) is 24.8. The Morgan fingerprint density at radius 1 is 0.833 bits per heavy atom. The van der Waals surface area contributed by atoms with Crippen molar-refractivity contribution >= 4 is 27.6 Å². The molecule has 5 aromatic rings. The monoisotopic (exact) mass is 559 g/mol. The summed E-state index contributed by atoms with van der Waals surface area (Å²) in [4.78, 5) is 14.2. The molecule has 214 valence electrons. The van der Waals surface area contributed by atoms with E-state index < -0.39 is 0 Å². The number of hydrogen-bond donors (Lipinski definition) is 2. The molecule has 2 N–H and O–H groups in total. The summed E-state index contributed by atoms with van der Waals surface area (Å²) in [5.41, 5.74) is 7.05. The Balaban J connectivity index is 1.77. The molecule has 0 aliphatic rings. The smallest absolute Gasteiger partial charge is 0.204 e. The summed E-state index contributed by atoms with van der Waals surface area (Å²) in [6, 6.07) is 25.7. The van der Waals surface area contributed by atoms with Gasteiger partial charge in [0.1, 0.15) is 28.1 Å². The normalized spacial score (nSPS) is 11.1. The number of phenolic OH excluding ortho intramolecular Hbond substituents is 1. The van der Waals surface area contributed by atoms with Crippen LogP contribution in [0.15, 0.2) is 111 Å². The number of methoxy groups -OCH3 is 1. The van der Waals surface area contributed by atoms with Gasteiger partial charge in [-0.25, -0.2) is 0 Å². The van der Waals surface area contributed by atoms with Crippen LogP contribution in [-0.2, 0) is 12.8 Å². The second kappa shape index (κ2) is 12.4. The lowest BCUT2D eigenvalue weighted by Gasteiger charge is -2.24. The number of nitrogens with one attached hydrogen (secondary N) is 1. The van der Waals surface area contributed by atoms with Crippen molar-refractivity contribution in [2.24, 2.45) is 0 Å². The molecular formula is C37H37NO4. The molecule has 5 rings (SSSR count). The summed E-state index contributed by atoms with van der Waals surface area (Å²) in [7, 11) is 1.62. The lowest BCUT2D eigenvalue weighted by molar-refractivity contribution is 0.412. The Hall–Kier alpha value is -4.77. The molecule has 0 aliphatic heterocycles. The predicted molar refractivity (Wildman–Crippen MR) is 173 cm³/mol. The van der Waals surface area contributed by atoms with Crippen LogP contribution in [0, 0.1) is 0 Å². The molecule has 42 heavy (non-hydrogen) atoms. The molecule has 5 nitrogen and oxygen atoms in total. The van der Waals surface area contributed by atoms with Crippen LogP contribution in [0.1, 0.15) is 56.0 Å². The minimum Gasteiger partial charge on any atom is -0.507 e. The number of aromatic hydroxyl groups is 1. The van der Waals surface area contributed by atoms with Gasteiger partial charge in [0.05, 0.1) is 24.2 Å². The van der Waals surface area contributed by atoms with Gasteiger partial charge in [0.2, 0.25) is 5.43 Å². The molecule has 0 atom stereocenters. The van der Waals surface area contributed by atoms with Crippen molar-refractivity contribution < 1.29 is 14.3 Å². The first-order valence-corrected chi connectivity index (χ1v) is 14.2. The third-order valence-electron chi connectivity index (χ3n) is 7.45. The number of ether oxygens (including phenoxy) is 1. The number of anilines is 1. The summed E-state index contributed by atoms with van der Waals surface area (Å²) < 4.78 is 12.4. The minimum absolute atomic E-state index is 0.0387. The second-order valence-electron chi connectivity index (χ2n) is 11.1. The molecule has 0 bridgehead atoms. The van der Waals surface area contributed by atoms with Crippen LogP contribution < -0.4 is 15.5 Å². The number of fused-ring (bicyclic) bond motifs is 2. The standard InChI is InChI=1S/C37H37NO4/c1-23(2)16-18-27-19-21-30-33(35(27)39)36(40)32-28(20-17-24(3)4)37(41-5)29(22-31(32)42-30)38-34(25-12-8-6-9-13-25)26-14-10-7-11-15-26/h6-17,19,21-22,34,38-39H,18,20H2,1-5H3. The van der Waals surface area contributed by atoms with Gasteiger partial charge in [0, 0.05) is 11.6 Å². The van der Waals surface area contributed by atoms with Crippen molar-refractivity contribution in [1.29, 1.82) is 0 Å². The van der Waals surface area contributed by atoms with Gasteiger partial charge in [0.25, 0.3) is 0 Å². The first-order valence-electron chi connectivity index (χ1n) is 14.2. The van der Waals surface area contributed by atoms with Crippen molar-refractivity contribution in [3.05, 3.63) is 135 Å². The van der Waals surface area contributed by atoms with Crippen molar-refractivity contribution in [2.75, 3.05) is 12.4 Å². The van der Waals surface area contributed by atoms with Crippen LogP contribution in [0.25, 0.3) is 21.9 Å². The van der Waals surface area contributed by atoms with Gasteiger partial charge in [-0.05, 0) is 63.3 Å². The van der Waals surface area contributed by atoms with Crippen molar-refractivity contribution in [2.45, 2.75) is 46.6 Å². The van der Waals surface area contributed by atoms with E-state index in [4.69, 9.17) is 9.15 Å². The highest BCUT2D eigenvalue weighted by molar-refractivity contribution is 5.98. The Morgan fingerprint density at radius 2 is 1.43 bits per heavy atom. The van der Waals surface area contributed by atoms with Crippen molar-refractivity contribution in [3.63, 3.8) is 0 Å². The topological polar surface area (TPSA) is 71.7 Å². The highest BCUT2D eigenvalue weighted by Gasteiger charge is 2.24. The first kappa shape index (κ1) is 28.7. The van der Waals surface area contributed by atoms with Crippen LogP contribution in [0.5, 0.6) is 11.5 Å². The number of benzene rings is 4. The maximum absolute atomic E-state index is 14.2. The van der Waals surface area contributed by atoms with Crippen LogP contribution in [-0.4, -0.2) is 12.2 Å². The van der Waals surface area contributed by atoms with E-state index in [-0.39, 0.29) is 22.6 Å². The maximum Gasteiger partial charge on any atom is 0.204 e. The summed E-state index contributed by atoms with van der Waals surface area (Å²) in [6.07, 6.45) is 5.09. The van der Waals surface area contributed by atoms with Gasteiger partial charge >= 0.3 is 0 Å². The molecule has 0 saturated carbocycles. The van der Waals surface area contributed by atoms with E-state index in [0.29, 0.717) is 52.0 Å². The molecule has 0 unspecified atom stereocenters. The predicted octanol–water partition coefficient (Wildman–Crippen LogP) is 8.88. The molecule has 1 heterocycles. The van der Waals surface area contributed by atoms with Gasteiger partial charge in [-0.1, -0.05) is 90.0 Å². The number of allylic oxidation sites excluding steroid dienone is 4. The average Bonchev–Trinajstić information content (AvgIpc) is 2.98. The minimum atomic E-state index is -0.271. The van der Waals surface area contributed by atoms with E-state index in [9.17, 15) is 9.90 Å². The summed E-state index contributed by atoms with van der Waals surface area (Å²) in [5.74, 6) is 0.534. The number of rotatable bonds is 9.